The van der Waals surface area contributed by atoms with Crippen molar-refractivity contribution in [1.82, 2.24) is 4.90 Å². The summed E-state index contributed by atoms with van der Waals surface area (Å²) in [5.74, 6) is 0.771. The number of carbonyl (C=O) groups excluding carboxylic acids is 1. The number of carbonyl (C=O) groups is 1. The highest BCUT2D eigenvalue weighted by Gasteiger charge is 2.42. The molecular formula is C25H28ClFN2O3. The average Bonchev–Trinajstić information content (AvgIpc) is 3.08. The van der Waals surface area contributed by atoms with Crippen LogP contribution in [-0.4, -0.2) is 43.7 Å². The van der Waals surface area contributed by atoms with Gasteiger partial charge in [0, 0.05) is 31.1 Å². The number of likely N-dealkylation sites (tertiary alicyclic amines) is 1. The number of hydrogen-bond donors (Lipinski definition) is 0. The summed E-state index contributed by atoms with van der Waals surface area (Å²) in [5.41, 5.74) is 1.82. The molecule has 0 radical (unpaired) electrons. The van der Waals surface area contributed by atoms with Gasteiger partial charge >= 0.3 is 0 Å². The van der Waals surface area contributed by atoms with E-state index in [4.69, 9.17) is 9.47 Å². The molecule has 1 heterocycles. The number of halogens is 2. The van der Waals surface area contributed by atoms with E-state index in [1.807, 2.05) is 30.3 Å². The number of rotatable bonds is 6. The third kappa shape index (κ3) is 4.74. The summed E-state index contributed by atoms with van der Waals surface area (Å²) in [7, 11) is 3.11. The van der Waals surface area contributed by atoms with Crippen LogP contribution in [0.15, 0.2) is 36.4 Å². The number of hydrogen-bond acceptors (Lipinski definition) is 5. The number of Topliss-reactive ketones (excluding diaryl/α,β-unsaturated/α-hetero) is 1. The van der Waals surface area contributed by atoms with E-state index in [1.54, 1.807) is 20.3 Å². The van der Waals surface area contributed by atoms with E-state index in [9.17, 15) is 10.1 Å². The molecule has 0 amide bonds. The molecule has 2 aromatic rings. The van der Waals surface area contributed by atoms with Crippen LogP contribution in [0.3, 0.4) is 0 Å². The summed E-state index contributed by atoms with van der Waals surface area (Å²) in [6.45, 7) is 1.88. The zero-order valence-corrected chi connectivity index (χ0v) is 19.2. The molecule has 0 spiro atoms. The Bertz CT molecular complexity index is 1030. The molecule has 32 heavy (non-hydrogen) atoms. The standard InChI is InChI=1S/C25H27FN2O3.ClH/c1-30-22-12-19-11-20(24(29)21(19)13-23(22)31-2)14-25(26)7-9-28(10-8-25)16-18-6-4-3-5-17(18)15-27;/h3-6,12-13,20H,7-11,14,16H2,1-2H3;1H. The van der Waals surface area contributed by atoms with Crippen molar-refractivity contribution >= 4 is 18.2 Å². The third-order valence-corrected chi connectivity index (χ3v) is 6.61. The number of nitrogens with zero attached hydrogens (tertiary/aromatic N) is 2. The van der Waals surface area contributed by atoms with Crippen LogP contribution in [0.2, 0.25) is 0 Å². The van der Waals surface area contributed by atoms with Gasteiger partial charge in [-0.25, -0.2) is 4.39 Å². The largest absolute Gasteiger partial charge is 0.493 e. The molecule has 170 valence electrons. The maximum Gasteiger partial charge on any atom is 0.166 e. The van der Waals surface area contributed by atoms with Gasteiger partial charge in [-0.15, -0.1) is 12.4 Å². The molecule has 1 aliphatic heterocycles. The first-order valence-electron chi connectivity index (χ1n) is 10.6. The molecule has 1 fully saturated rings. The maximum atomic E-state index is 15.7. The Morgan fingerprint density at radius 1 is 1.16 bits per heavy atom. The maximum absolute atomic E-state index is 15.7. The van der Waals surface area contributed by atoms with E-state index < -0.39 is 5.67 Å². The average molecular weight is 459 g/mol. The number of ether oxygens (including phenoxy) is 2. The molecular weight excluding hydrogens is 431 g/mol. The van der Waals surface area contributed by atoms with Crippen molar-refractivity contribution in [2.45, 2.75) is 37.9 Å². The Morgan fingerprint density at radius 3 is 2.47 bits per heavy atom. The van der Waals surface area contributed by atoms with Crippen molar-refractivity contribution in [3.63, 3.8) is 0 Å². The minimum atomic E-state index is -1.35. The van der Waals surface area contributed by atoms with Crippen molar-refractivity contribution in [2.75, 3.05) is 27.3 Å². The second kappa shape index (κ2) is 9.89. The lowest BCUT2D eigenvalue weighted by Gasteiger charge is -2.37. The van der Waals surface area contributed by atoms with Crippen molar-refractivity contribution in [2.24, 2.45) is 5.92 Å². The van der Waals surface area contributed by atoms with E-state index in [2.05, 4.69) is 11.0 Å². The SMILES string of the molecule is COc1cc2c(cc1OC)C(=O)C(CC1(F)CCN(Cc3ccccc3C#N)CC1)C2.Cl. The summed E-state index contributed by atoms with van der Waals surface area (Å²) in [5, 5.41) is 9.28. The van der Waals surface area contributed by atoms with Crippen LogP contribution >= 0.6 is 12.4 Å². The van der Waals surface area contributed by atoms with E-state index >= 15 is 4.39 Å². The minimum Gasteiger partial charge on any atom is -0.493 e. The van der Waals surface area contributed by atoms with Crippen molar-refractivity contribution < 1.29 is 18.7 Å². The molecule has 1 saturated heterocycles. The highest BCUT2D eigenvalue weighted by Crippen LogP contribution is 2.42. The van der Waals surface area contributed by atoms with Crippen molar-refractivity contribution in [3.05, 3.63) is 58.7 Å². The van der Waals surface area contributed by atoms with Crippen LogP contribution in [0.5, 0.6) is 11.5 Å². The number of ketones is 1. The fourth-order valence-corrected chi connectivity index (χ4v) is 4.83. The quantitative estimate of drug-likeness (QED) is 0.625. The Hall–Kier alpha value is -2.62. The lowest BCUT2D eigenvalue weighted by molar-refractivity contribution is 0.0336. The zero-order valence-electron chi connectivity index (χ0n) is 18.4. The summed E-state index contributed by atoms with van der Waals surface area (Å²) in [4.78, 5) is 15.1. The van der Waals surface area contributed by atoms with Gasteiger partial charge in [-0.1, -0.05) is 18.2 Å². The molecule has 7 heteroatoms. The fraction of sp³-hybridized carbons (Fsp3) is 0.440. The van der Waals surface area contributed by atoms with Gasteiger partial charge in [0.05, 0.1) is 25.9 Å². The van der Waals surface area contributed by atoms with E-state index in [0.717, 1.165) is 11.1 Å². The number of benzene rings is 2. The minimum absolute atomic E-state index is 0. The Balaban J connectivity index is 0.00000289. The summed E-state index contributed by atoms with van der Waals surface area (Å²) in [6.07, 6.45) is 1.58. The van der Waals surface area contributed by atoms with Crippen LogP contribution in [-0.2, 0) is 13.0 Å². The second-order valence-corrected chi connectivity index (χ2v) is 8.53. The van der Waals surface area contributed by atoms with Gasteiger partial charge in [-0.3, -0.25) is 9.69 Å². The zero-order chi connectivity index (χ0) is 22.0. The van der Waals surface area contributed by atoms with Gasteiger partial charge < -0.3 is 9.47 Å². The van der Waals surface area contributed by atoms with Gasteiger partial charge in [-0.05, 0) is 55.0 Å². The third-order valence-electron chi connectivity index (χ3n) is 6.61. The molecule has 1 aliphatic carbocycles. The van der Waals surface area contributed by atoms with Gasteiger partial charge in [0.1, 0.15) is 5.67 Å². The lowest BCUT2D eigenvalue weighted by Crippen LogP contribution is -2.43. The monoisotopic (exact) mass is 458 g/mol. The second-order valence-electron chi connectivity index (χ2n) is 8.53. The van der Waals surface area contributed by atoms with Crippen molar-refractivity contribution in [3.8, 4) is 17.6 Å². The Labute approximate surface area is 194 Å². The molecule has 0 saturated carbocycles. The topological polar surface area (TPSA) is 62.6 Å². The summed E-state index contributed by atoms with van der Waals surface area (Å²) >= 11 is 0. The molecule has 2 aromatic carbocycles. The predicted molar refractivity (Wildman–Crippen MR) is 122 cm³/mol. The van der Waals surface area contributed by atoms with Gasteiger partial charge in [0.2, 0.25) is 0 Å². The molecule has 0 aromatic heterocycles. The summed E-state index contributed by atoms with van der Waals surface area (Å²) < 4.78 is 26.3. The first kappa shape index (κ1) is 24.0. The normalized spacial score (nSPS) is 19.6. The van der Waals surface area contributed by atoms with Gasteiger partial charge in [-0.2, -0.15) is 5.26 Å². The van der Waals surface area contributed by atoms with E-state index in [0.29, 0.717) is 61.5 Å². The Kier molecular flexibility index (Phi) is 7.43. The number of alkyl halides is 1. The van der Waals surface area contributed by atoms with Crippen LogP contribution in [0, 0.1) is 17.2 Å². The van der Waals surface area contributed by atoms with Crippen LogP contribution < -0.4 is 9.47 Å². The first-order chi connectivity index (χ1) is 15.0. The Morgan fingerprint density at radius 2 is 1.81 bits per heavy atom. The van der Waals surface area contributed by atoms with Crippen LogP contribution in [0.25, 0.3) is 0 Å². The smallest absolute Gasteiger partial charge is 0.166 e. The van der Waals surface area contributed by atoms with Gasteiger partial charge in [0.15, 0.2) is 17.3 Å². The molecule has 0 N–H and O–H groups in total. The van der Waals surface area contributed by atoms with Crippen molar-refractivity contribution in [1.29, 1.82) is 5.26 Å². The molecule has 1 unspecified atom stereocenters. The molecule has 0 bridgehead atoms. The number of nitriles is 1. The van der Waals surface area contributed by atoms with Crippen LogP contribution in [0.4, 0.5) is 4.39 Å². The van der Waals surface area contributed by atoms with E-state index in [-0.39, 0.29) is 30.5 Å². The first-order valence-corrected chi connectivity index (χ1v) is 10.6. The molecule has 5 nitrogen and oxygen atoms in total. The van der Waals surface area contributed by atoms with E-state index in [1.165, 1.54) is 0 Å². The van der Waals surface area contributed by atoms with Gasteiger partial charge in [0.25, 0.3) is 0 Å². The molecule has 2 aliphatic rings. The number of fused-ring (bicyclic) bond motifs is 1. The number of piperidine rings is 1. The molecule has 1 atom stereocenters. The predicted octanol–water partition coefficient (Wildman–Crippen LogP) is 4.75. The molecule has 4 rings (SSSR count). The highest BCUT2D eigenvalue weighted by molar-refractivity contribution is 6.03. The lowest BCUT2D eigenvalue weighted by atomic mass is 9.82. The van der Waals surface area contributed by atoms with Crippen LogP contribution in [0.1, 0.15) is 46.3 Å². The highest BCUT2D eigenvalue weighted by atomic mass is 35.5. The summed E-state index contributed by atoms with van der Waals surface area (Å²) in [6, 6.07) is 13.3. The fourth-order valence-electron chi connectivity index (χ4n) is 4.83. The number of methoxy groups -OCH3 is 2.